The molecule has 1 aliphatic heterocycles. The maximum atomic E-state index is 12.9. The summed E-state index contributed by atoms with van der Waals surface area (Å²) in [6.07, 6.45) is 2.20. The Morgan fingerprint density at radius 1 is 1.28 bits per heavy atom. The Labute approximate surface area is 149 Å². The van der Waals surface area contributed by atoms with E-state index in [4.69, 9.17) is 5.73 Å². The van der Waals surface area contributed by atoms with E-state index >= 15 is 0 Å². The molecule has 0 spiro atoms. The standard InChI is InChI=1S/C20H28N4O/c1-4-6-18-12-23(13-19(18)21)20(25)17-8-5-7-16(10-17)11-24-15(3)9-14(2)22-24/h5,7-10,18-19H,4,6,11-13,21H2,1-3H3/t18-,19-/m1/s1. The summed E-state index contributed by atoms with van der Waals surface area (Å²) in [4.78, 5) is 14.8. The van der Waals surface area contributed by atoms with Crippen LogP contribution < -0.4 is 5.73 Å². The Bertz CT molecular complexity index is 752. The Morgan fingerprint density at radius 2 is 2.08 bits per heavy atom. The van der Waals surface area contributed by atoms with Crippen molar-refractivity contribution >= 4 is 5.91 Å². The second-order valence-electron chi connectivity index (χ2n) is 7.21. The van der Waals surface area contributed by atoms with E-state index in [1.807, 2.05) is 40.8 Å². The van der Waals surface area contributed by atoms with E-state index in [1.165, 1.54) is 0 Å². The molecular formula is C20H28N4O. The number of hydrogen-bond donors (Lipinski definition) is 1. The first-order valence-electron chi connectivity index (χ1n) is 9.12. The summed E-state index contributed by atoms with van der Waals surface area (Å²) in [5.41, 5.74) is 10.2. The fourth-order valence-electron chi connectivity index (χ4n) is 3.73. The number of amides is 1. The van der Waals surface area contributed by atoms with Gasteiger partial charge in [0.05, 0.1) is 12.2 Å². The van der Waals surface area contributed by atoms with Crippen LogP contribution in [0.1, 0.15) is 47.1 Å². The van der Waals surface area contributed by atoms with E-state index in [2.05, 4.69) is 25.0 Å². The van der Waals surface area contributed by atoms with Crippen LogP contribution >= 0.6 is 0 Å². The Morgan fingerprint density at radius 3 is 2.76 bits per heavy atom. The number of likely N-dealkylation sites (tertiary alicyclic amines) is 1. The number of carbonyl (C=O) groups is 1. The van der Waals surface area contributed by atoms with Gasteiger partial charge in [-0.15, -0.1) is 0 Å². The smallest absolute Gasteiger partial charge is 0.253 e. The quantitative estimate of drug-likeness (QED) is 0.910. The zero-order valence-electron chi connectivity index (χ0n) is 15.4. The van der Waals surface area contributed by atoms with Gasteiger partial charge in [-0.05, 0) is 49.9 Å². The number of hydrogen-bond acceptors (Lipinski definition) is 3. The zero-order chi connectivity index (χ0) is 18.0. The molecule has 5 heteroatoms. The molecule has 2 N–H and O–H groups in total. The van der Waals surface area contributed by atoms with Crippen LogP contribution in [0, 0.1) is 19.8 Å². The van der Waals surface area contributed by atoms with Crippen LogP contribution in [0.2, 0.25) is 0 Å². The van der Waals surface area contributed by atoms with Gasteiger partial charge in [-0.2, -0.15) is 5.10 Å². The predicted octanol–water partition coefficient (Wildman–Crippen LogP) is 2.75. The summed E-state index contributed by atoms with van der Waals surface area (Å²) in [6, 6.07) is 10.0. The van der Waals surface area contributed by atoms with E-state index in [0.717, 1.165) is 41.9 Å². The lowest BCUT2D eigenvalue weighted by Crippen LogP contribution is -2.32. The minimum absolute atomic E-state index is 0.0873. The molecule has 1 aliphatic rings. The van der Waals surface area contributed by atoms with Gasteiger partial charge in [0.2, 0.25) is 0 Å². The molecule has 134 valence electrons. The van der Waals surface area contributed by atoms with E-state index in [9.17, 15) is 4.79 Å². The van der Waals surface area contributed by atoms with Crippen molar-refractivity contribution in [2.75, 3.05) is 13.1 Å². The molecule has 1 fully saturated rings. The van der Waals surface area contributed by atoms with Crippen LogP contribution in [0.3, 0.4) is 0 Å². The van der Waals surface area contributed by atoms with Gasteiger partial charge in [-0.25, -0.2) is 0 Å². The van der Waals surface area contributed by atoms with Crippen molar-refractivity contribution in [1.29, 1.82) is 0 Å². The Hall–Kier alpha value is -2.14. The third-order valence-electron chi connectivity index (χ3n) is 5.05. The summed E-state index contributed by atoms with van der Waals surface area (Å²) in [6.45, 7) is 8.32. The number of rotatable bonds is 5. The van der Waals surface area contributed by atoms with Gasteiger partial charge in [0.25, 0.3) is 5.91 Å². The molecule has 3 rings (SSSR count). The topological polar surface area (TPSA) is 64.2 Å². The highest BCUT2D eigenvalue weighted by molar-refractivity contribution is 5.94. The molecule has 2 heterocycles. The summed E-state index contributed by atoms with van der Waals surface area (Å²) in [5, 5.41) is 4.50. The fraction of sp³-hybridized carbons (Fsp3) is 0.500. The average molecular weight is 340 g/mol. The van der Waals surface area contributed by atoms with Gasteiger partial charge in [0.15, 0.2) is 0 Å². The predicted molar refractivity (Wildman–Crippen MR) is 99.5 cm³/mol. The van der Waals surface area contributed by atoms with E-state index in [-0.39, 0.29) is 11.9 Å². The van der Waals surface area contributed by atoms with Gasteiger partial charge < -0.3 is 10.6 Å². The first kappa shape index (κ1) is 17.7. The lowest BCUT2D eigenvalue weighted by Gasteiger charge is -2.17. The number of aromatic nitrogens is 2. The minimum atomic E-state index is 0.0873. The average Bonchev–Trinajstić information content (AvgIpc) is 3.10. The molecule has 5 nitrogen and oxygen atoms in total. The van der Waals surface area contributed by atoms with Crippen LogP contribution in [-0.2, 0) is 6.54 Å². The normalized spacial score (nSPS) is 20.2. The SMILES string of the molecule is CCC[C@@H]1CN(C(=O)c2cccc(Cn3nc(C)cc3C)c2)C[C@H]1N. The molecule has 0 bridgehead atoms. The number of aryl methyl sites for hydroxylation is 2. The molecule has 1 saturated heterocycles. The molecule has 0 aliphatic carbocycles. The van der Waals surface area contributed by atoms with Gasteiger partial charge >= 0.3 is 0 Å². The van der Waals surface area contributed by atoms with Gasteiger partial charge in [-0.3, -0.25) is 9.48 Å². The highest BCUT2D eigenvalue weighted by Gasteiger charge is 2.32. The van der Waals surface area contributed by atoms with Crippen LogP contribution in [0.25, 0.3) is 0 Å². The summed E-state index contributed by atoms with van der Waals surface area (Å²) in [7, 11) is 0. The van der Waals surface area contributed by atoms with Crippen molar-refractivity contribution in [3.8, 4) is 0 Å². The van der Waals surface area contributed by atoms with Crippen molar-refractivity contribution < 1.29 is 4.79 Å². The van der Waals surface area contributed by atoms with Crippen molar-refractivity contribution in [3.63, 3.8) is 0 Å². The highest BCUT2D eigenvalue weighted by atomic mass is 16.2. The van der Waals surface area contributed by atoms with E-state index in [1.54, 1.807) is 0 Å². The molecular weight excluding hydrogens is 312 g/mol. The Kier molecular flexibility index (Phi) is 5.23. The van der Waals surface area contributed by atoms with Gasteiger partial charge in [0.1, 0.15) is 0 Å². The lowest BCUT2D eigenvalue weighted by molar-refractivity contribution is 0.0785. The van der Waals surface area contributed by atoms with E-state index in [0.29, 0.717) is 19.0 Å². The number of carbonyl (C=O) groups excluding carboxylic acids is 1. The second-order valence-corrected chi connectivity index (χ2v) is 7.21. The first-order chi connectivity index (χ1) is 12.0. The van der Waals surface area contributed by atoms with E-state index < -0.39 is 0 Å². The summed E-state index contributed by atoms with van der Waals surface area (Å²) in [5.74, 6) is 0.510. The minimum Gasteiger partial charge on any atom is -0.337 e. The van der Waals surface area contributed by atoms with Crippen molar-refractivity contribution in [3.05, 3.63) is 52.8 Å². The first-order valence-corrected chi connectivity index (χ1v) is 9.12. The number of benzene rings is 1. The molecule has 1 aromatic heterocycles. The third kappa shape index (κ3) is 3.93. The monoisotopic (exact) mass is 340 g/mol. The maximum Gasteiger partial charge on any atom is 0.253 e. The highest BCUT2D eigenvalue weighted by Crippen LogP contribution is 2.22. The molecule has 2 aromatic rings. The lowest BCUT2D eigenvalue weighted by atomic mass is 9.99. The molecule has 2 atom stereocenters. The summed E-state index contributed by atoms with van der Waals surface area (Å²) < 4.78 is 1.97. The third-order valence-corrected chi connectivity index (χ3v) is 5.05. The number of nitrogens with two attached hydrogens (primary N) is 1. The van der Waals surface area contributed by atoms with Gasteiger partial charge in [0, 0.05) is 30.4 Å². The molecule has 1 amide bonds. The number of nitrogens with zero attached hydrogens (tertiary/aromatic N) is 3. The largest absolute Gasteiger partial charge is 0.337 e. The fourth-order valence-corrected chi connectivity index (χ4v) is 3.73. The Balaban J connectivity index is 1.73. The molecule has 0 unspecified atom stereocenters. The molecule has 0 saturated carbocycles. The molecule has 1 aromatic carbocycles. The molecule has 0 radical (unpaired) electrons. The van der Waals surface area contributed by atoms with Crippen LogP contribution in [-0.4, -0.2) is 39.7 Å². The van der Waals surface area contributed by atoms with Gasteiger partial charge in [-0.1, -0.05) is 25.5 Å². The van der Waals surface area contributed by atoms with Crippen molar-refractivity contribution in [1.82, 2.24) is 14.7 Å². The van der Waals surface area contributed by atoms with Crippen LogP contribution in [0.15, 0.2) is 30.3 Å². The van der Waals surface area contributed by atoms with Crippen molar-refractivity contribution in [2.45, 2.75) is 46.2 Å². The second kappa shape index (κ2) is 7.40. The molecule has 25 heavy (non-hydrogen) atoms. The summed E-state index contributed by atoms with van der Waals surface area (Å²) >= 11 is 0. The zero-order valence-corrected chi connectivity index (χ0v) is 15.4. The maximum absolute atomic E-state index is 12.9. The van der Waals surface area contributed by atoms with Crippen LogP contribution in [0.4, 0.5) is 0 Å². The van der Waals surface area contributed by atoms with Crippen LogP contribution in [0.5, 0.6) is 0 Å². The van der Waals surface area contributed by atoms with Crippen molar-refractivity contribution in [2.24, 2.45) is 11.7 Å².